The van der Waals surface area contributed by atoms with Crippen molar-refractivity contribution in [3.8, 4) is 0 Å². The molecule has 7 nitrogen and oxygen atoms in total. The SMILES string of the molecule is Cc1ccc(S(=O)(=O)OC(CNC(=O)OCc2ccccc2)[C@@H]2C=CCO2)cc1. The minimum absolute atomic E-state index is 0.0433. The zero-order valence-electron chi connectivity index (χ0n) is 16.0. The maximum absolute atomic E-state index is 12.6. The molecule has 1 amide bonds. The summed E-state index contributed by atoms with van der Waals surface area (Å²) in [4.78, 5) is 12.1. The number of hydrogen-bond donors (Lipinski definition) is 1. The number of amides is 1. The number of carbonyl (C=O) groups excluding carboxylic acids is 1. The average molecular weight is 417 g/mol. The largest absolute Gasteiger partial charge is 0.445 e. The number of ether oxygens (including phenoxy) is 2. The zero-order chi connectivity index (χ0) is 20.7. The minimum atomic E-state index is -4.02. The van der Waals surface area contributed by atoms with Crippen molar-refractivity contribution in [2.45, 2.75) is 30.6 Å². The summed E-state index contributed by atoms with van der Waals surface area (Å²) in [5, 5.41) is 2.55. The Morgan fingerprint density at radius 2 is 1.90 bits per heavy atom. The first-order valence-electron chi connectivity index (χ1n) is 9.17. The molecule has 0 saturated heterocycles. The highest BCUT2D eigenvalue weighted by molar-refractivity contribution is 7.86. The van der Waals surface area contributed by atoms with E-state index in [0.717, 1.165) is 11.1 Å². The Labute approximate surface area is 170 Å². The normalized spacial score (nSPS) is 17.1. The average Bonchev–Trinajstić information content (AvgIpc) is 3.25. The van der Waals surface area contributed by atoms with Crippen molar-refractivity contribution < 1.29 is 26.9 Å². The summed E-state index contributed by atoms with van der Waals surface area (Å²) in [6, 6.07) is 15.6. The van der Waals surface area contributed by atoms with Gasteiger partial charge in [0, 0.05) is 0 Å². The molecule has 0 spiro atoms. The fraction of sp³-hybridized carbons (Fsp3) is 0.286. The van der Waals surface area contributed by atoms with Crippen LogP contribution in [0.3, 0.4) is 0 Å². The van der Waals surface area contributed by atoms with Gasteiger partial charge >= 0.3 is 6.09 Å². The topological polar surface area (TPSA) is 90.9 Å². The molecule has 0 bridgehead atoms. The van der Waals surface area contributed by atoms with Gasteiger partial charge in [0.25, 0.3) is 10.1 Å². The van der Waals surface area contributed by atoms with E-state index >= 15 is 0 Å². The van der Waals surface area contributed by atoms with Gasteiger partial charge < -0.3 is 14.8 Å². The predicted octanol–water partition coefficient (Wildman–Crippen LogP) is 2.95. The van der Waals surface area contributed by atoms with Gasteiger partial charge in [-0.15, -0.1) is 0 Å². The summed E-state index contributed by atoms with van der Waals surface area (Å²) in [5.41, 5.74) is 1.78. The third kappa shape index (κ3) is 6.15. The maximum Gasteiger partial charge on any atom is 0.407 e. The molecule has 3 rings (SSSR count). The summed E-state index contributed by atoms with van der Waals surface area (Å²) in [6.45, 7) is 2.24. The Morgan fingerprint density at radius 1 is 1.17 bits per heavy atom. The Kier molecular flexibility index (Phi) is 7.03. The molecule has 1 aliphatic heterocycles. The van der Waals surface area contributed by atoms with E-state index in [0.29, 0.717) is 6.61 Å². The number of alkyl carbamates (subject to hydrolysis) is 1. The molecule has 1 heterocycles. The third-order valence-electron chi connectivity index (χ3n) is 4.30. The first-order valence-corrected chi connectivity index (χ1v) is 10.6. The second kappa shape index (κ2) is 9.69. The van der Waals surface area contributed by atoms with Crippen LogP contribution < -0.4 is 5.32 Å². The zero-order valence-corrected chi connectivity index (χ0v) is 16.8. The smallest absolute Gasteiger partial charge is 0.407 e. The summed E-state index contributed by atoms with van der Waals surface area (Å²) < 4.78 is 41.3. The van der Waals surface area contributed by atoms with Crippen LogP contribution in [0, 0.1) is 6.92 Å². The van der Waals surface area contributed by atoms with Gasteiger partial charge in [0.1, 0.15) is 18.8 Å². The van der Waals surface area contributed by atoms with E-state index in [2.05, 4.69) is 5.32 Å². The van der Waals surface area contributed by atoms with Crippen LogP contribution in [0.2, 0.25) is 0 Å². The van der Waals surface area contributed by atoms with Crippen molar-refractivity contribution in [1.82, 2.24) is 5.32 Å². The van der Waals surface area contributed by atoms with Gasteiger partial charge in [-0.25, -0.2) is 4.79 Å². The number of hydrogen-bond acceptors (Lipinski definition) is 6. The molecular formula is C21H23NO6S. The Balaban J connectivity index is 1.60. The molecule has 29 heavy (non-hydrogen) atoms. The summed E-state index contributed by atoms with van der Waals surface area (Å²) >= 11 is 0. The van der Waals surface area contributed by atoms with Gasteiger partial charge in [0.05, 0.1) is 18.0 Å². The van der Waals surface area contributed by atoms with Crippen LogP contribution in [0.25, 0.3) is 0 Å². The second-order valence-corrected chi connectivity index (χ2v) is 8.14. The molecule has 0 radical (unpaired) electrons. The quantitative estimate of drug-likeness (QED) is 0.525. The Bertz CT molecular complexity index is 941. The first kappa shape index (κ1) is 21.0. The van der Waals surface area contributed by atoms with Crippen LogP contribution in [0.5, 0.6) is 0 Å². The minimum Gasteiger partial charge on any atom is -0.445 e. The van der Waals surface area contributed by atoms with Crippen LogP contribution >= 0.6 is 0 Å². The lowest BCUT2D eigenvalue weighted by Gasteiger charge is -2.22. The number of carbonyl (C=O) groups is 1. The molecule has 1 unspecified atom stereocenters. The molecule has 154 valence electrons. The molecule has 2 atom stereocenters. The van der Waals surface area contributed by atoms with E-state index in [9.17, 15) is 13.2 Å². The number of nitrogens with one attached hydrogen (secondary N) is 1. The Hall–Kier alpha value is -2.68. The van der Waals surface area contributed by atoms with Crippen LogP contribution in [-0.4, -0.2) is 39.9 Å². The van der Waals surface area contributed by atoms with E-state index < -0.39 is 28.4 Å². The molecule has 1 N–H and O–H groups in total. The predicted molar refractivity (Wildman–Crippen MR) is 107 cm³/mol. The van der Waals surface area contributed by atoms with Gasteiger partial charge in [-0.05, 0) is 24.6 Å². The van der Waals surface area contributed by atoms with E-state index in [4.69, 9.17) is 13.7 Å². The molecule has 2 aromatic carbocycles. The molecule has 0 fully saturated rings. The van der Waals surface area contributed by atoms with Gasteiger partial charge in [-0.1, -0.05) is 60.2 Å². The highest BCUT2D eigenvalue weighted by Crippen LogP contribution is 2.19. The van der Waals surface area contributed by atoms with Gasteiger partial charge in [-0.2, -0.15) is 8.42 Å². The van der Waals surface area contributed by atoms with Gasteiger partial charge in [0.2, 0.25) is 0 Å². The highest BCUT2D eigenvalue weighted by atomic mass is 32.2. The molecule has 8 heteroatoms. The molecular weight excluding hydrogens is 394 g/mol. The van der Waals surface area contributed by atoms with E-state index in [1.807, 2.05) is 37.3 Å². The van der Waals surface area contributed by atoms with Crippen molar-refractivity contribution >= 4 is 16.2 Å². The molecule has 1 aliphatic rings. The summed E-state index contributed by atoms with van der Waals surface area (Å²) in [6.07, 6.45) is 1.30. The fourth-order valence-electron chi connectivity index (χ4n) is 2.73. The van der Waals surface area contributed by atoms with Crippen molar-refractivity contribution in [3.05, 3.63) is 77.9 Å². The van der Waals surface area contributed by atoms with Crippen LogP contribution in [0.1, 0.15) is 11.1 Å². The third-order valence-corrected chi connectivity index (χ3v) is 5.65. The van der Waals surface area contributed by atoms with Crippen molar-refractivity contribution in [2.75, 3.05) is 13.2 Å². The van der Waals surface area contributed by atoms with Crippen LogP contribution in [0.15, 0.2) is 71.6 Å². The van der Waals surface area contributed by atoms with Crippen molar-refractivity contribution in [2.24, 2.45) is 0 Å². The van der Waals surface area contributed by atoms with E-state index in [1.54, 1.807) is 24.3 Å². The lowest BCUT2D eigenvalue weighted by molar-refractivity contribution is 0.0302. The lowest BCUT2D eigenvalue weighted by atomic mass is 10.2. The molecule has 0 saturated carbocycles. The number of aryl methyl sites for hydroxylation is 1. The summed E-state index contributed by atoms with van der Waals surface area (Å²) in [5.74, 6) is 0. The van der Waals surface area contributed by atoms with Crippen LogP contribution in [0.4, 0.5) is 4.79 Å². The summed E-state index contributed by atoms with van der Waals surface area (Å²) in [7, 11) is -4.02. The van der Waals surface area contributed by atoms with Gasteiger partial charge in [-0.3, -0.25) is 4.18 Å². The number of rotatable bonds is 8. The van der Waals surface area contributed by atoms with Crippen LogP contribution in [-0.2, 0) is 30.4 Å². The standard InChI is InChI=1S/C21H23NO6S/c1-16-9-11-18(12-10-16)29(24,25)28-20(19-8-5-13-26-19)14-22-21(23)27-15-17-6-3-2-4-7-17/h2-12,19-20H,13-15H2,1H3,(H,22,23)/t19-,20?/m0/s1. The highest BCUT2D eigenvalue weighted by Gasteiger charge is 2.30. The maximum atomic E-state index is 12.6. The van der Waals surface area contributed by atoms with Crippen molar-refractivity contribution in [1.29, 1.82) is 0 Å². The monoisotopic (exact) mass is 417 g/mol. The lowest BCUT2D eigenvalue weighted by Crippen LogP contribution is -2.41. The van der Waals surface area contributed by atoms with E-state index in [-0.39, 0.29) is 18.0 Å². The first-order chi connectivity index (χ1) is 13.9. The second-order valence-electron chi connectivity index (χ2n) is 6.57. The van der Waals surface area contributed by atoms with E-state index in [1.165, 1.54) is 12.1 Å². The molecule has 0 aliphatic carbocycles. The molecule has 0 aromatic heterocycles. The molecule has 2 aromatic rings. The van der Waals surface area contributed by atoms with Crippen molar-refractivity contribution in [3.63, 3.8) is 0 Å². The van der Waals surface area contributed by atoms with Gasteiger partial charge in [0.15, 0.2) is 0 Å². The Morgan fingerprint density at radius 3 is 2.55 bits per heavy atom. The number of benzene rings is 2. The fourth-order valence-corrected chi connectivity index (χ4v) is 3.81.